The molecule has 2 aromatic carbocycles. The van der Waals surface area contributed by atoms with Gasteiger partial charge in [-0.2, -0.15) is 5.26 Å². The van der Waals surface area contributed by atoms with Crippen LogP contribution in [0.25, 0.3) is 11.1 Å². The normalized spacial score (nSPS) is 15.4. The van der Waals surface area contributed by atoms with Gasteiger partial charge in [-0.25, -0.2) is 0 Å². The predicted molar refractivity (Wildman–Crippen MR) is 189 cm³/mol. The summed E-state index contributed by atoms with van der Waals surface area (Å²) in [5.41, 5.74) is 5.93. The Hall–Kier alpha value is -4.16. The van der Waals surface area contributed by atoms with Gasteiger partial charge in [-0.3, -0.25) is 14.7 Å². The standard InChI is InChI=1S/C39H44ClN5O3/c1-29-32(10-7-11-34(29)35-12-8-18-45(39(35)46)19-9-17-43-13-5-6-14-43)28-48-38-22-37(47-27-31-20-30(23-41)24-42-25-31)33(21-36(38)40)26-44-15-3-2-4-16-44/h7-8,10-12,18,20-22,24-25H,2-6,9,13-17,19,26-28H2,1H3. The van der Waals surface area contributed by atoms with Gasteiger partial charge in [-0.05, 0) is 113 Å². The molecule has 9 heteroatoms. The zero-order valence-electron chi connectivity index (χ0n) is 27.8. The Labute approximate surface area is 288 Å². The topological polar surface area (TPSA) is 83.6 Å². The molecular formula is C39H44ClN5O3. The summed E-state index contributed by atoms with van der Waals surface area (Å²) in [6, 6.07) is 17.6. The molecule has 2 fully saturated rings. The van der Waals surface area contributed by atoms with Gasteiger partial charge in [0.25, 0.3) is 5.56 Å². The Morgan fingerprint density at radius 1 is 0.833 bits per heavy atom. The first-order chi connectivity index (χ1) is 23.5. The summed E-state index contributed by atoms with van der Waals surface area (Å²) >= 11 is 6.84. The first-order valence-corrected chi connectivity index (χ1v) is 17.5. The third-order valence-electron chi connectivity index (χ3n) is 9.49. The van der Waals surface area contributed by atoms with Crippen LogP contribution >= 0.6 is 11.6 Å². The molecule has 0 radical (unpaired) electrons. The Bertz CT molecular complexity index is 1800. The summed E-state index contributed by atoms with van der Waals surface area (Å²) in [6.07, 6.45) is 12.3. The molecule has 0 atom stereocenters. The number of rotatable bonds is 13. The number of aromatic nitrogens is 2. The molecule has 0 saturated carbocycles. The highest BCUT2D eigenvalue weighted by Crippen LogP contribution is 2.35. The van der Waals surface area contributed by atoms with E-state index in [2.05, 4.69) is 20.9 Å². The van der Waals surface area contributed by atoms with Crippen molar-refractivity contribution >= 4 is 11.6 Å². The molecule has 2 aromatic heterocycles. The number of benzene rings is 2. The first-order valence-electron chi connectivity index (χ1n) is 17.1. The average Bonchev–Trinajstić information content (AvgIpc) is 3.63. The van der Waals surface area contributed by atoms with Gasteiger partial charge in [0.2, 0.25) is 0 Å². The second kappa shape index (κ2) is 16.3. The van der Waals surface area contributed by atoms with Crippen LogP contribution in [0.1, 0.15) is 66.3 Å². The molecule has 0 spiro atoms. The fourth-order valence-electron chi connectivity index (χ4n) is 6.77. The molecule has 2 saturated heterocycles. The number of nitriles is 1. The summed E-state index contributed by atoms with van der Waals surface area (Å²) in [4.78, 5) is 22.6. The van der Waals surface area contributed by atoms with Gasteiger partial charge in [0.05, 0.1) is 10.6 Å². The predicted octanol–water partition coefficient (Wildman–Crippen LogP) is 7.37. The fourth-order valence-corrected chi connectivity index (χ4v) is 7.01. The maximum Gasteiger partial charge on any atom is 0.258 e. The summed E-state index contributed by atoms with van der Waals surface area (Å²) in [7, 11) is 0. The maximum atomic E-state index is 13.6. The molecule has 0 amide bonds. The third kappa shape index (κ3) is 8.46. The summed E-state index contributed by atoms with van der Waals surface area (Å²) < 4.78 is 14.5. The van der Waals surface area contributed by atoms with E-state index in [9.17, 15) is 10.1 Å². The van der Waals surface area contributed by atoms with Crippen molar-refractivity contribution in [3.05, 3.63) is 110 Å². The van der Waals surface area contributed by atoms with Crippen molar-refractivity contribution in [3.8, 4) is 28.7 Å². The van der Waals surface area contributed by atoms with Crippen molar-refractivity contribution in [2.24, 2.45) is 0 Å². The van der Waals surface area contributed by atoms with Crippen molar-refractivity contribution in [2.75, 3.05) is 32.7 Å². The highest BCUT2D eigenvalue weighted by molar-refractivity contribution is 6.32. The summed E-state index contributed by atoms with van der Waals surface area (Å²) in [5, 5.41) is 9.82. The Balaban J connectivity index is 1.19. The SMILES string of the molecule is Cc1c(COc2cc(OCc3cncc(C#N)c3)c(CN3CCCCC3)cc2Cl)cccc1-c1cccn(CCCN2CCCC2)c1=O. The zero-order valence-corrected chi connectivity index (χ0v) is 28.6. The van der Waals surface area contributed by atoms with Gasteiger partial charge >= 0.3 is 0 Å². The quantitative estimate of drug-likeness (QED) is 0.147. The van der Waals surface area contributed by atoms with Gasteiger partial charge in [-0.15, -0.1) is 0 Å². The summed E-state index contributed by atoms with van der Waals surface area (Å²) in [5.74, 6) is 1.23. The van der Waals surface area contributed by atoms with E-state index in [1.165, 1.54) is 45.2 Å². The minimum atomic E-state index is 0.0322. The molecule has 0 unspecified atom stereocenters. The monoisotopic (exact) mass is 665 g/mol. The molecule has 4 aromatic rings. The first kappa shape index (κ1) is 33.7. The van der Waals surface area contributed by atoms with Crippen molar-refractivity contribution in [1.29, 1.82) is 5.26 Å². The van der Waals surface area contributed by atoms with E-state index in [1.54, 1.807) is 18.5 Å². The molecule has 2 aliphatic rings. The van der Waals surface area contributed by atoms with Crippen LogP contribution in [0.4, 0.5) is 0 Å². The van der Waals surface area contributed by atoms with Gasteiger partial charge in [0.1, 0.15) is 30.8 Å². The van der Waals surface area contributed by atoms with Crippen molar-refractivity contribution < 1.29 is 9.47 Å². The van der Waals surface area contributed by atoms with Crippen LogP contribution in [0.3, 0.4) is 0 Å². The number of ether oxygens (including phenoxy) is 2. The fraction of sp³-hybridized carbons (Fsp3) is 0.410. The minimum Gasteiger partial charge on any atom is -0.488 e. The molecule has 6 rings (SSSR count). The van der Waals surface area contributed by atoms with E-state index in [0.717, 1.165) is 60.4 Å². The maximum absolute atomic E-state index is 13.6. The number of piperidine rings is 1. The highest BCUT2D eigenvalue weighted by Gasteiger charge is 2.18. The number of halogens is 1. The lowest BCUT2D eigenvalue weighted by atomic mass is 9.97. The van der Waals surface area contributed by atoms with Crippen LogP contribution in [0, 0.1) is 18.3 Å². The van der Waals surface area contributed by atoms with Gasteiger partial charge in [0, 0.05) is 54.4 Å². The lowest BCUT2D eigenvalue weighted by molar-refractivity contribution is 0.214. The van der Waals surface area contributed by atoms with E-state index in [4.69, 9.17) is 21.1 Å². The van der Waals surface area contributed by atoms with Crippen LogP contribution in [-0.4, -0.2) is 52.1 Å². The zero-order chi connectivity index (χ0) is 33.3. The van der Waals surface area contributed by atoms with Crippen molar-refractivity contribution in [3.63, 3.8) is 0 Å². The molecular weight excluding hydrogens is 622 g/mol. The highest BCUT2D eigenvalue weighted by atomic mass is 35.5. The van der Waals surface area contributed by atoms with E-state index in [0.29, 0.717) is 34.2 Å². The molecule has 48 heavy (non-hydrogen) atoms. The Kier molecular flexibility index (Phi) is 11.5. The molecule has 4 heterocycles. The average molecular weight is 666 g/mol. The summed E-state index contributed by atoms with van der Waals surface area (Å²) in [6.45, 7) is 9.50. The number of hydrogen-bond donors (Lipinski definition) is 0. The smallest absolute Gasteiger partial charge is 0.258 e. The number of hydrogen-bond acceptors (Lipinski definition) is 7. The second-order valence-electron chi connectivity index (χ2n) is 12.9. The number of aryl methyl sites for hydroxylation is 1. The van der Waals surface area contributed by atoms with Gasteiger partial charge < -0.3 is 18.9 Å². The number of nitrogens with zero attached hydrogens (tertiary/aromatic N) is 5. The number of likely N-dealkylation sites (tertiary alicyclic amines) is 2. The number of pyridine rings is 2. The van der Waals surface area contributed by atoms with Crippen LogP contribution in [0.5, 0.6) is 11.5 Å². The van der Waals surface area contributed by atoms with Gasteiger partial charge in [0.15, 0.2) is 0 Å². The van der Waals surface area contributed by atoms with Crippen LogP contribution < -0.4 is 15.0 Å². The molecule has 8 nitrogen and oxygen atoms in total. The van der Waals surface area contributed by atoms with Crippen molar-refractivity contribution in [2.45, 2.75) is 71.8 Å². The van der Waals surface area contributed by atoms with Crippen LogP contribution in [-0.2, 0) is 26.3 Å². The minimum absolute atomic E-state index is 0.0322. The van der Waals surface area contributed by atoms with E-state index < -0.39 is 0 Å². The van der Waals surface area contributed by atoms with Gasteiger partial charge in [-0.1, -0.05) is 36.2 Å². The van der Waals surface area contributed by atoms with E-state index >= 15 is 0 Å². The van der Waals surface area contributed by atoms with E-state index in [1.807, 2.05) is 60.2 Å². The largest absolute Gasteiger partial charge is 0.488 e. The Morgan fingerprint density at radius 3 is 2.40 bits per heavy atom. The van der Waals surface area contributed by atoms with Crippen LogP contribution in [0.2, 0.25) is 5.02 Å². The molecule has 0 N–H and O–H groups in total. The second-order valence-corrected chi connectivity index (χ2v) is 13.3. The van der Waals surface area contributed by atoms with Crippen molar-refractivity contribution in [1.82, 2.24) is 19.4 Å². The Morgan fingerprint density at radius 2 is 1.58 bits per heavy atom. The molecule has 250 valence electrons. The molecule has 0 bridgehead atoms. The molecule has 0 aliphatic carbocycles. The third-order valence-corrected chi connectivity index (χ3v) is 9.78. The van der Waals surface area contributed by atoms with Crippen LogP contribution in [0.15, 0.2) is 71.9 Å². The lowest BCUT2D eigenvalue weighted by Gasteiger charge is -2.27. The lowest BCUT2D eigenvalue weighted by Crippen LogP contribution is -2.29. The molecule has 2 aliphatic heterocycles. The van der Waals surface area contributed by atoms with E-state index in [-0.39, 0.29) is 18.8 Å².